The fourth-order valence-corrected chi connectivity index (χ4v) is 3.12. The van der Waals surface area contributed by atoms with Crippen molar-refractivity contribution < 1.29 is 18.0 Å². The Labute approximate surface area is 155 Å². The summed E-state index contributed by atoms with van der Waals surface area (Å²) in [5.41, 5.74) is -0.386. The number of rotatable bonds is 5. The van der Waals surface area contributed by atoms with E-state index in [9.17, 15) is 18.0 Å². The molecule has 1 N–H and O–H groups in total. The molecule has 146 valence electrons. The average Bonchev–Trinajstić information content (AvgIpc) is 3.17. The quantitative estimate of drug-likeness (QED) is 0.863. The molecule has 6 nitrogen and oxygen atoms in total. The third-order valence-electron chi connectivity index (χ3n) is 4.54. The first-order chi connectivity index (χ1) is 12.9. The average molecular weight is 381 g/mol. The van der Waals surface area contributed by atoms with Crippen LogP contribution in [-0.2, 0) is 6.18 Å². The van der Waals surface area contributed by atoms with Crippen molar-refractivity contribution in [2.45, 2.75) is 38.4 Å². The molecule has 1 fully saturated rings. The van der Waals surface area contributed by atoms with Crippen molar-refractivity contribution in [3.63, 3.8) is 0 Å². The lowest BCUT2D eigenvalue weighted by Crippen LogP contribution is -2.37. The second kappa shape index (κ2) is 7.98. The van der Waals surface area contributed by atoms with Gasteiger partial charge in [0.2, 0.25) is 0 Å². The van der Waals surface area contributed by atoms with Gasteiger partial charge in [-0.1, -0.05) is 6.92 Å². The Balaban J connectivity index is 1.67. The Morgan fingerprint density at radius 2 is 2.15 bits per heavy atom. The van der Waals surface area contributed by atoms with Crippen LogP contribution in [0.25, 0.3) is 0 Å². The number of nitrogens with one attached hydrogen (secondary N) is 1. The third-order valence-corrected chi connectivity index (χ3v) is 4.54. The number of amides is 1. The van der Waals surface area contributed by atoms with Gasteiger partial charge in [0.15, 0.2) is 5.69 Å². The largest absolute Gasteiger partial charge is 0.435 e. The summed E-state index contributed by atoms with van der Waals surface area (Å²) in [6.07, 6.45) is 0.912. The molecule has 2 aromatic heterocycles. The van der Waals surface area contributed by atoms with E-state index in [4.69, 9.17) is 0 Å². The van der Waals surface area contributed by atoms with E-state index in [1.807, 2.05) is 11.8 Å². The maximum absolute atomic E-state index is 12.8. The summed E-state index contributed by atoms with van der Waals surface area (Å²) in [7, 11) is 0. The zero-order valence-electron chi connectivity index (χ0n) is 15.0. The minimum absolute atomic E-state index is 0.149. The number of anilines is 1. The van der Waals surface area contributed by atoms with Crippen molar-refractivity contribution in [2.75, 3.05) is 24.5 Å². The Hall–Kier alpha value is -2.58. The highest BCUT2D eigenvalue weighted by atomic mass is 19.4. The van der Waals surface area contributed by atoms with E-state index in [1.54, 1.807) is 12.1 Å². The van der Waals surface area contributed by atoms with Crippen LogP contribution in [-0.4, -0.2) is 40.3 Å². The summed E-state index contributed by atoms with van der Waals surface area (Å²) >= 11 is 0. The summed E-state index contributed by atoms with van der Waals surface area (Å²) in [5, 5.41) is 6.49. The van der Waals surface area contributed by atoms with E-state index in [1.165, 1.54) is 17.1 Å². The van der Waals surface area contributed by atoms with Crippen LogP contribution >= 0.6 is 0 Å². The molecule has 1 aliphatic heterocycles. The molecule has 0 saturated carbocycles. The Morgan fingerprint density at radius 3 is 2.78 bits per heavy atom. The predicted octanol–water partition coefficient (Wildman–Crippen LogP) is 3.28. The van der Waals surface area contributed by atoms with Gasteiger partial charge in [-0.3, -0.25) is 9.48 Å². The van der Waals surface area contributed by atoms with Crippen molar-refractivity contribution in [2.24, 2.45) is 0 Å². The number of hydrogen-bond donors (Lipinski definition) is 1. The van der Waals surface area contributed by atoms with Gasteiger partial charge in [0, 0.05) is 32.0 Å². The monoisotopic (exact) mass is 381 g/mol. The van der Waals surface area contributed by atoms with Crippen LogP contribution in [0.1, 0.15) is 48.3 Å². The van der Waals surface area contributed by atoms with Crippen LogP contribution < -0.4 is 10.2 Å². The molecule has 3 heterocycles. The number of alkyl halides is 3. The lowest BCUT2D eigenvalue weighted by atomic mass is 10.1. The highest BCUT2D eigenvalue weighted by Crippen LogP contribution is 2.30. The first-order valence-electron chi connectivity index (χ1n) is 9.00. The van der Waals surface area contributed by atoms with Crippen molar-refractivity contribution in [1.29, 1.82) is 0 Å². The molecular weight excluding hydrogens is 359 g/mol. The van der Waals surface area contributed by atoms with Gasteiger partial charge in [0.05, 0.1) is 11.6 Å². The maximum atomic E-state index is 12.8. The van der Waals surface area contributed by atoms with Crippen molar-refractivity contribution in [3.8, 4) is 0 Å². The molecule has 1 saturated heterocycles. The number of piperidine rings is 1. The molecule has 0 spiro atoms. The van der Waals surface area contributed by atoms with Gasteiger partial charge in [-0.05, 0) is 37.5 Å². The van der Waals surface area contributed by atoms with Crippen LogP contribution in [0, 0.1) is 0 Å². The Bertz CT molecular complexity index is 772. The van der Waals surface area contributed by atoms with Gasteiger partial charge in [-0.25, -0.2) is 4.98 Å². The van der Waals surface area contributed by atoms with Gasteiger partial charge < -0.3 is 10.2 Å². The molecule has 0 aliphatic carbocycles. The maximum Gasteiger partial charge on any atom is 0.435 e. The van der Waals surface area contributed by atoms with Crippen LogP contribution in [0.3, 0.4) is 0 Å². The molecule has 1 aliphatic rings. The molecule has 1 amide bonds. The molecular formula is C18H22F3N5O. The van der Waals surface area contributed by atoms with Gasteiger partial charge in [0.25, 0.3) is 5.91 Å². The van der Waals surface area contributed by atoms with Gasteiger partial charge in [-0.15, -0.1) is 0 Å². The van der Waals surface area contributed by atoms with Crippen molar-refractivity contribution >= 4 is 11.7 Å². The second-order valence-corrected chi connectivity index (χ2v) is 6.58. The van der Waals surface area contributed by atoms with E-state index in [0.717, 1.165) is 31.9 Å². The molecule has 0 aromatic carbocycles. The Morgan fingerprint density at radius 1 is 1.33 bits per heavy atom. The lowest BCUT2D eigenvalue weighted by Gasteiger charge is -2.33. The molecule has 0 radical (unpaired) electrons. The smallest absolute Gasteiger partial charge is 0.354 e. The minimum Gasteiger partial charge on any atom is -0.354 e. The molecule has 2 aromatic rings. The standard InChI is InChI=1S/C18H22F3N5O/c1-2-8-22-17(27)13-5-6-16(23-11-13)25-9-3-4-14(12-25)26-10-7-15(24-26)18(19,20)21/h5-7,10-11,14H,2-4,8-9,12H2,1H3,(H,22,27). The van der Waals surface area contributed by atoms with Crippen LogP contribution in [0.15, 0.2) is 30.6 Å². The third kappa shape index (κ3) is 4.58. The highest BCUT2D eigenvalue weighted by Gasteiger charge is 2.34. The zero-order chi connectivity index (χ0) is 19.4. The van der Waals surface area contributed by atoms with E-state index in [-0.39, 0.29) is 11.9 Å². The number of carbonyl (C=O) groups excluding carboxylic acids is 1. The number of aromatic nitrogens is 3. The van der Waals surface area contributed by atoms with Crippen molar-refractivity contribution in [1.82, 2.24) is 20.1 Å². The summed E-state index contributed by atoms with van der Waals surface area (Å²) in [6, 6.07) is 4.34. The molecule has 9 heteroatoms. The van der Waals surface area contributed by atoms with E-state index in [2.05, 4.69) is 15.4 Å². The number of halogens is 3. The van der Waals surface area contributed by atoms with E-state index in [0.29, 0.717) is 24.5 Å². The summed E-state index contributed by atoms with van der Waals surface area (Å²) in [6.45, 7) is 3.87. The minimum atomic E-state index is -4.44. The fraction of sp³-hybridized carbons (Fsp3) is 0.500. The van der Waals surface area contributed by atoms with Gasteiger partial charge in [0.1, 0.15) is 5.82 Å². The fourth-order valence-electron chi connectivity index (χ4n) is 3.12. The Kier molecular flexibility index (Phi) is 5.67. The van der Waals surface area contributed by atoms with Gasteiger partial charge in [-0.2, -0.15) is 18.3 Å². The number of hydrogen-bond acceptors (Lipinski definition) is 4. The number of pyridine rings is 1. The van der Waals surface area contributed by atoms with Gasteiger partial charge >= 0.3 is 6.18 Å². The summed E-state index contributed by atoms with van der Waals surface area (Å²) in [5.74, 6) is 0.540. The summed E-state index contributed by atoms with van der Waals surface area (Å²) < 4.78 is 39.7. The SMILES string of the molecule is CCCNC(=O)c1ccc(N2CCCC(n3ccc(C(F)(F)F)n3)C2)nc1. The molecule has 1 unspecified atom stereocenters. The molecule has 27 heavy (non-hydrogen) atoms. The highest BCUT2D eigenvalue weighted by molar-refractivity contribution is 5.94. The van der Waals surface area contributed by atoms with Crippen LogP contribution in [0.5, 0.6) is 0 Å². The number of carbonyl (C=O) groups is 1. The molecule has 3 rings (SSSR count). The first-order valence-corrected chi connectivity index (χ1v) is 9.00. The second-order valence-electron chi connectivity index (χ2n) is 6.58. The normalized spacial score (nSPS) is 17.8. The van der Waals surface area contributed by atoms with Crippen LogP contribution in [0.2, 0.25) is 0 Å². The van der Waals surface area contributed by atoms with E-state index >= 15 is 0 Å². The van der Waals surface area contributed by atoms with Crippen LogP contribution in [0.4, 0.5) is 19.0 Å². The lowest BCUT2D eigenvalue weighted by molar-refractivity contribution is -0.141. The summed E-state index contributed by atoms with van der Waals surface area (Å²) in [4.78, 5) is 18.3. The number of nitrogens with zero attached hydrogens (tertiary/aromatic N) is 4. The topological polar surface area (TPSA) is 63.1 Å². The van der Waals surface area contributed by atoms with E-state index < -0.39 is 11.9 Å². The zero-order valence-corrected chi connectivity index (χ0v) is 15.0. The van der Waals surface area contributed by atoms with Crippen molar-refractivity contribution in [3.05, 3.63) is 41.9 Å². The molecule has 1 atom stereocenters. The predicted molar refractivity (Wildman–Crippen MR) is 94.6 cm³/mol. The first kappa shape index (κ1) is 19.2. The molecule has 0 bridgehead atoms.